The second-order valence-electron chi connectivity index (χ2n) is 5.02. The van der Waals surface area contributed by atoms with Crippen LogP contribution in [0.5, 0.6) is 0 Å². The Hall–Kier alpha value is -1.88. The van der Waals surface area contributed by atoms with E-state index < -0.39 is 11.6 Å². The van der Waals surface area contributed by atoms with Crippen LogP contribution in [0.4, 0.5) is 11.5 Å². The first-order chi connectivity index (χ1) is 8.40. The van der Waals surface area contributed by atoms with Gasteiger partial charge in [0.05, 0.1) is 17.2 Å². The van der Waals surface area contributed by atoms with E-state index in [1.165, 1.54) is 6.33 Å². The predicted octanol–water partition coefficient (Wildman–Crippen LogP) is 1.78. The smallest absolute Gasteiger partial charge is 0.137 e. The summed E-state index contributed by atoms with van der Waals surface area (Å²) in [6.07, 6.45) is 0.988. The first-order valence-corrected chi connectivity index (χ1v) is 5.86. The standard InChI is InChI=1S/C13H18N4O/c1-8(18)13(2,3)17-12-10-6-9(14)4-5-11(10)15-7-16-12/h4-8,18H,14H2,1-3H3,(H,15,16,17). The minimum Gasteiger partial charge on any atom is -0.399 e. The van der Waals surface area contributed by atoms with Gasteiger partial charge in [0.2, 0.25) is 0 Å². The zero-order valence-electron chi connectivity index (χ0n) is 10.8. The molecule has 0 spiro atoms. The van der Waals surface area contributed by atoms with Crippen molar-refractivity contribution >= 4 is 22.4 Å². The number of nitrogen functional groups attached to an aromatic ring is 1. The van der Waals surface area contributed by atoms with Crippen LogP contribution in [0.3, 0.4) is 0 Å². The molecule has 0 saturated heterocycles. The van der Waals surface area contributed by atoms with Crippen LogP contribution in [-0.4, -0.2) is 26.7 Å². The van der Waals surface area contributed by atoms with Crippen molar-refractivity contribution in [1.82, 2.24) is 9.97 Å². The van der Waals surface area contributed by atoms with Gasteiger partial charge >= 0.3 is 0 Å². The molecule has 0 bridgehead atoms. The molecule has 1 aromatic heterocycles. The molecule has 1 aromatic carbocycles. The van der Waals surface area contributed by atoms with Gasteiger partial charge in [0.1, 0.15) is 12.1 Å². The fourth-order valence-corrected chi connectivity index (χ4v) is 1.58. The molecule has 1 unspecified atom stereocenters. The molecule has 5 nitrogen and oxygen atoms in total. The molecule has 2 aromatic rings. The summed E-state index contributed by atoms with van der Waals surface area (Å²) in [6.45, 7) is 5.57. The summed E-state index contributed by atoms with van der Waals surface area (Å²) in [4.78, 5) is 8.42. The normalized spacial score (nSPS) is 13.6. The Bertz CT molecular complexity index is 566. The Morgan fingerprint density at radius 2 is 2.06 bits per heavy atom. The monoisotopic (exact) mass is 246 g/mol. The largest absolute Gasteiger partial charge is 0.399 e. The zero-order chi connectivity index (χ0) is 13.3. The van der Waals surface area contributed by atoms with Crippen LogP contribution in [0.1, 0.15) is 20.8 Å². The number of hydrogen-bond donors (Lipinski definition) is 3. The third kappa shape index (κ3) is 2.36. The Morgan fingerprint density at radius 3 is 2.72 bits per heavy atom. The molecule has 0 amide bonds. The van der Waals surface area contributed by atoms with Crippen molar-refractivity contribution in [3.05, 3.63) is 24.5 Å². The van der Waals surface area contributed by atoms with Crippen molar-refractivity contribution in [3.8, 4) is 0 Å². The van der Waals surface area contributed by atoms with Crippen LogP contribution in [0.25, 0.3) is 10.9 Å². The van der Waals surface area contributed by atoms with E-state index in [0.717, 1.165) is 10.9 Å². The number of nitrogens with two attached hydrogens (primary N) is 1. The maximum Gasteiger partial charge on any atom is 0.137 e. The summed E-state index contributed by atoms with van der Waals surface area (Å²) in [5, 5.41) is 13.8. The summed E-state index contributed by atoms with van der Waals surface area (Å²) >= 11 is 0. The fourth-order valence-electron chi connectivity index (χ4n) is 1.58. The molecule has 96 valence electrons. The number of rotatable bonds is 3. The molecule has 4 N–H and O–H groups in total. The number of hydrogen-bond acceptors (Lipinski definition) is 5. The van der Waals surface area contributed by atoms with Crippen LogP contribution in [-0.2, 0) is 0 Å². The Kier molecular flexibility index (Phi) is 3.09. The Balaban J connectivity index is 2.48. The van der Waals surface area contributed by atoms with Crippen LogP contribution < -0.4 is 11.1 Å². The lowest BCUT2D eigenvalue weighted by Gasteiger charge is -2.30. The van der Waals surface area contributed by atoms with E-state index in [-0.39, 0.29) is 0 Å². The predicted molar refractivity (Wildman–Crippen MR) is 73.3 cm³/mol. The third-order valence-electron chi connectivity index (χ3n) is 3.14. The summed E-state index contributed by atoms with van der Waals surface area (Å²) in [5.41, 5.74) is 6.79. The third-order valence-corrected chi connectivity index (χ3v) is 3.14. The average molecular weight is 246 g/mol. The van der Waals surface area contributed by atoms with E-state index >= 15 is 0 Å². The van der Waals surface area contributed by atoms with Gasteiger partial charge in [-0.15, -0.1) is 0 Å². The number of aromatic nitrogens is 2. The van der Waals surface area contributed by atoms with Gasteiger partial charge in [-0.05, 0) is 39.0 Å². The molecule has 5 heteroatoms. The lowest BCUT2D eigenvalue weighted by Crippen LogP contribution is -2.42. The summed E-state index contributed by atoms with van der Waals surface area (Å²) in [5.74, 6) is 0.679. The molecule has 0 aliphatic carbocycles. The molecule has 0 aliphatic rings. The number of nitrogens with zero attached hydrogens (tertiary/aromatic N) is 2. The molecule has 1 atom stereocenters. The van der Waals surface area contributed by atoms with Gasteiger partial charge < -0.3 is 16.2 Å². The van der Waals surface area contributed by atoms with Gasteiger partial charge in [0, 0.05) is 11.1 Å². The lowest BCUT2D eigenvalue weighted by atomic mass is 9.98. The van der Waals surface area contributed by atoms with Crippen molar-refractivity contribution < 1.29 is 5.11 Å². The lowest BCUT2D eigenvalue weighted by molar-refractivity contribution is 0.133. The second kappa shape index (κ2) is 4.42. The molecular formula is C13H18N4O. The Morgan fingerprint density at radius 1 is 1.33 bits per heavy atom. The summed E-state index contributed by atoms with van der Waals surface area (Å²) in [7, 11) is 0. The second-order valence-corrected chi connectivity index (χ2v) is 5.02. The summed E-state index contributed by atoms with van der Waals surface area (Å²) < 4.78 is 0. The van der Waals surface area contributed by atoms with Gasteiger partial charge in [0.15, 0.2) is 0 Å². The molecule has 2 rings (SSSR count). The van der Waals surface area contributed by atoms with Gasteiger partial charge in [-0.3, -0.25) is 0 Å². The van der Waals surface area contributed by atoms with Crippen LogP contribution in [0.15, 0.2) is 24.5 Å². The highest BCUT2D eigenvalue weighted by Crippen LogP contribution is 2.25. The van der Waals surface area contributed by atoms with E-state index in [9.17, 15) is 5.11 Å². The highest BCUT2D eigenvalue weighted by molar-refractivity contribution is 5.91. The van der Waals surface area contributed by atoms with Gasteiger partial charge in [-0.2, -0.15) is 0 Å². The molecule has 1 heterocycles. The SMILES string of the molecule is CC(O)C(C)(C)Nc1ncnc2ccc(N)cc12. The number of fused-ring (bicyclic) bond motifs is 1. The van der Waals surface area contributed by atoms with Gasteiger partial charge in [-0.25, -0.2) is 9.97 Å². The van der Waals surface area contributed by atoms with E-state index in [1.54, 1.807) is 13.0 Å². The van der Waals surface area contributed by atoms with E-state index in [2.05, 4.69) is 15.3 Å². The average Bonchev–Trinajstić information content (AvgIpc) is 2.29. The number of anilines is 2. The van der Waals surface area contributed by atoms with Gasteiger partial charge in [-0.1, -0.05) is 0 Å². The van der Waals surface area contributed by atoms with Crippen molar-refractivity contribution in [3.63, 3.8) is 0 Å². The minimum absolute atomic E-state index is 0.480. The van der Waals surface area contributed by atoms with Crippen molar-refractivity contribution in [2.24, 2.45) is 0 Å². The number of nitrogens with one attached hydrogen (secondary N) is 1. The Labute approximate surface area is 106 Å². The number of aliphatic hydroxyl groups excluding tert-OH is 1. The van der Waals surface area contributed by atoms with E-state index in [4.69, 9.17) is 5.73 Å². The maximum absolute atomic E-state index is 9.74. The van der Waals surface area contributed by atoms with Crippen LogP contribution >= 0.6 is 0 Å². The van der Waals surface area contributed by atoms with E-state index in [1.807, 2.05) is 26.0 Å². The van der Waals surface area contributed by atoms with E-state index in [0.29, 0.717) is 11.5 Å². The molecule has 0 radical (unpaired) electrons. The molecular weight excluding hydrogens is 228 g/mol. The highest BCUT2D eigenvalue weighted by Gasteiger charge is 2.24. The minimum atomic E-state index is -0.511. The van der Waals surface area contributed by atoms with Gasteiger partial charge in [0.25, 0.3) is 0 Å². The summed E-state index contributed by atoms with van der Waals surface area (Å²) in [6, 6.07) is 5.49. The fraction of sp³-hybridized carbons (Fsp3) is 0.385. The van der Waals surface area contributed by atoms with Crippen LogP contribution in [0, 0.1) is 0 Å². The first kappa shape index (κ1) is 12.6. The zero-order valence-corrected chi connectivity index (χ0v) is 10.8. The topological polar surface area (TPSA) is 84.1 Å². The molecule has 0 aliphatic heterocycles. The van der Waals surface area contributed by atoms with Crippen molar-refractivity contribution in [2.45, 2.75) is 32.4 Å². The number of aliphatic hydroxyl groups is 1. The first-order valence-electron chi connectivity index (χ1n) is 5.86. The van der Waals surface area contributed by atoms with Crippen LogP contribution in [0.2, 0.25) is 0 Å². The molecule has 18 heavy (non-hydrogen) atoms. The quantitative estimate of drug-likeness (QED) is 0.719. The number of benzene rings is 1. The molecule has 0 saturated carbocycles. The highest BCUT2D eigenvalue weighted by atomic mass is 16.3. The van der Waals surface area contributed by atoms with Crippen molar-refractivity contribution in [2.75, 3.05) is 11.1 Å². The van der Waals surface area contributed by atoms with Crippen molar-refractivity contribution in [1.29, 1.82) is 0 Å². The molecule has 0 fully saturated rings. The maximum atomic E-state index is 9.74.